The van der Waals surface area contributed by atoms with E-state index >= 15 is 0 Å². The van der Waals surface area contributed by atoms with Crippen molar-refractivity contribution >= 4 is 17.6 Å². The van der Waals surface area contributed by atoms with Crippen molar-refractivity contribution in [3.05, 3.63) is 34.0 Å². The Morgan fingerprint density at radius 3 is 2.75 bits per heavy atom. The fourth-order valence-electron chi connectivity index (χ4n) is 5.38. The number of anilines is 1. The van der Waals surface area contributed by atoms with E-state index in [1.54, 1.807) is 0 Å². The van der Waals surface area contributed by atoms with Crippen LogP contribution in [0.2, 0.25) is 0 Å². The summed E-state index contributed by atoms with van der Waals surface area (Å²) >= 11 is 0. The molecule has 3 aliphatic rings. The number of fused-ring (bicyclic) bond motifs is 2. The second kappa shape index (κ2) is 8.30. The van der Waals surface area contributed by atoms with Crippen molar-refractivity contribution in [1.29, 1.82) is 0 Å². The van der Waals surface area contributed by atoms with Crippen LogP contribution in [-0.2, 0) is 24.1 Å². The Bertz CT molecular complexity index is 1060. The number of aryl methyl sites for hydroxylation is 2. The van der Waals surface area contributed by atoms with Gasteiger partial charge >= 0.3 is 0 Å². The molecule has 1 N–H and O–H groups in total. The molecule has 0 spiro atoms. The molecule has 170 valence electrons. The van der Waals surface area contributed by atoms with Gasteiger partial charge in [0, 0.05) is 42.0 Å². The van der Waals surface area contributed by atoms with E-state index in [1.807, 2.05) is 16.7 Å². The molecule has 1 saturated heterocycles. The Morgan fingerprint density at radius 1 is 1.09 bits per heavy atom. The van der Waals surface area contributed by atoms with Crippen molar-refractivity contribution in [2.45, 2.75) is 78.2 Å². The number of nitrogens with zero attached hydrogens (tertiary/aromatic N) is 5. The van der Waals surface area contributed by atoms with Crippen LogP contribution in [0.4, 0.5) is 5.82 Å². The predicted molar refractivity (Wildman–Crippen MR) is 121 cm³/mol. The summed E-state index contributed by atoms with van der Waals surface area (Å²) in [5.41, 5.74) is 4.73. The highest BCUT2D eigenvalue weighted by atomic mass is 16.2. The van der Waals surface area contributed by atoms with Gasteiger partial charge in [-0.25, -0.2) is 9.97 Å². The van der Waals surface area contributed by atoms with Gasteiger partial charge in [-0.05, 0) is 57.8 Å². The van der Waals surface area contributed by atoms with E-state index in [1.165, 1.54) is 0 Å². The summed E-state index contributed by atoms with van der Waals surface area (Å²) in [5.74, 6) is 1.85. The van der Waals surface area contributed by atoms with Gasteiger partial charge in [-0.3, -0.25) is 19.6 Å². The Hall–Kier alpha value is -2.77. The maximum Gasteiger partial charge on any atom is 0.275 e. The highest BCUT2D eigenvalue weighted by Crippen LogP contribution is 2.35. The number of amides is 2. The minimum atomic E-state index is -0.188. The van der Waals surface area contributed by atoms with Crippen LogP contribution in [0.15, 0.2) is 0 Å². The fourth-order valence-corrected chi connectivity index (χ4v) is 5.38. The molecule has 4 heterocycles. The maximum atomic E-state index is 13.6. The van der Waals surface area contributed by atoms with Crippen molar-refractivity contribution in [2.24, 2.45) is 5.92 Å². The zero-order valence-corrected chi connectivity index (χ0v) is 19.3. The van der Waals surface area contributed by atoms with Gasteiger partial charge < -0.3 is 4.90 Å². The van der Waals surface area contributed by atoms with E-state index in [9.17, 15) is 9.59 Å². The quantitative estimate of drug-likeness (QED) is 0.793. The number of hydrogen-bond acceptors (Lipinski definition) is 5. The van der Waals surface area contributed by atoms with Crippen molar-refractivity contribution < 1.29 is 9.59 Å². The lowest BCUT2D eigenvalue weighted by molar-refractivity contribution is -0.119. The number of piperidine rings is 1. The normalized spacial score (nSPS) is 20.6. The first-order chi connectivity index (χ1) is 15.4. The average Bonchev–Trinajstić information content (AvgIpc) is 3.39. The lowest BCUT2D eigenvalue weighted by Gasteiger charge is -2.36. The molecule has 0 saturated carbocycles. The predicted octanol–water partition coefficient (Wildman–Crippen LogP) is 3.30. The summed E-state index contributed by atoms with van der Waals surface area (Å²) in [6.45, 7) is 7.55. The van der Waals surface area contributed by atoms with Crippen LogP contribution in [0.25, 0.3) is 0 Å². The Balaban J connectivity index is 1.51. The van der Waals surface area contributed by atoms with Gasteiger partial charge in [0.15, 0.2) is 11.5 Å². The second-order valence-corrected chi connectivity index (χ2v) is 9.76. The van der Waals surface area contributed by atoms with Crippen LogP contribution < -0.4 is 4.90 Å². The highest BCUT2D eigenvalue weighted by molar-refractivity contribution is 5.96. The number of hydrogen-bond donors (Lipinski definition) is 1. The summed E-state index contributed by atoms with van der Waals surface area (Å²) in [4.78, 5) is 39.8. The van der Waals surface area contributed by atoms with Crippen LogP contribution in [0.3, 0.4) is 0 Å². The van der Waals surface area contributed by atoms with Crippen LogP contribution in [0.5, 0.6) is 0 Å². The number of aromatic amines is 1. The Kier molecular flexibility index (Phi) is 5.47. The molecule has 2 amide bonds. The van der Waals surface area contributed by atoms with Crippen molar-refractivity contribution in [2.75, 3.05) is 18.0 Å². The molecular weight excluding hydrogens is 404 g/mol. The molecule has 1 fully saturated rings. The Labute approximate surface area is 188 Å². The smallest absolute Gasteiger partial charge is 0.275 e. The van der Waals surface area contributed by atoms with Gasteiger partial charge in [0.1, 0.15) is 5.82 Å². The topological polar surface area (TPSA) is 95.1 Å². The van der Waals surface area contributed by atoms with E-state index in [2.05, 4.69) is 24.0 Å². The standard InChI is InChI=1S/C24H32N6O2/c1-14(2)13-30-20(31)11-10-16-15(3)25-22(26-23(16)30)19-9-4-5-12-29(19)24(32)21-17-7-6-8-18(17)27-28-21/h14,19H,4-13H2,1-3H3,(H,27,28)/t19-/m0/s1. The second-order valence-electron chi connectivity index (χ2n) is 9.76. The van der Waals surface area contributed by atoms with E-state index in [0.29, 0.717) is 43.4 Å². The number of carbonyl (C=O) groups excluding carboxylic acids is 2. The molecule has 2 aliphatic heterocycles. The summed E-state index contributed by atoms with van der Waals surface area (Å²) < 4.78 is 0. The molecule has 0 radical (unpaired) electrons. The van der Waals surface area contributed by atoms with Gasteiger partial charge in [0.2, 0.25) is 5.91 Å². The van der Waals surface area contributed by atoms with Crippen LogP contribution in [0.1, 0.15) is 90.8 Å². The summed E-state index contributed by atoms with van der Waals surface area (Å²) in [5, 5.41) is 7.44. The number of rotatable bonds is 4. The number of aromatic nitrogens is 4. The number of likely N-dealkylation sites (tertiary alicyclic amines) is 1. The largest absolute Gasteiger partial charge is 0.327 e. The first kappa shape index (κ1) is 21.1. The molecule has 0 aromatic carbocycles. The lowest BCUT2D eigenvalue weighted by Crippen LogP contribution is -2.42. The molecule has 8 nitrogen and oxygen atoms in total. The first-order valence-corrected chi connectivity index (χ1v) is 12.0. The first-order valence-electron chi connectivity index (χ1n) is 12.0. The van der Waals surface area contributed by atoms with Crippen molar-refractivity contribution in [3.8, 4) is 0 Å². The summed E-state index contributed by atoms with van der Waals surface area (Å²) in [7, 11) is 0. The monoisotopic (exact) mass is 436 g/mol. The SMILES string of the molecule is Cc1nc([C@@H]2CCCCN2C(=O)c2n[nH]c3c2CCC3)nc2c1CCC(=O)N2CC(C)C. The zero-order chi connectivity index (χ0) is 22.4. The molecule has 32 heavy (non-hydrogen) atoms. The number of nitrogens with one attached hydrogen (secondary N) is 1. The zero-order valence-electron chi connectivity index (χ0n) is 19.3. The van der Waals surface area contributed by atoms with E-state index in [0.717, 1.165) is 66.9 Å². The van der Waals surface area contributed by atoms with E-state index in [-0.39, 0.29) is 17.9 Å². The van der Waals surface area contributed by atoms with E-state index in [4.69, 9.17) is 9.97 Å². The molecule has 1 atom stereocenters. The minimum absolute atomic E-state index is 0.0248. The van der Waals surface area contributed by atoms with Crippen LogP contribution >= 0.6 is 0 Å². The molecule has 0 unspecified atom stereocenters. The summed E-state index contributed by atoms with van der Waals surface area (Å²) in [6.07, 6.45) is 6.95. The molecule has 5 rings (SSSR count). The fraction of sp³-hybridized carbons (Fsp3) is 0.625. The van der Waals surface area contributed by atoms with Crippen LogP contribution in [-0.4, -0.2) is 50.0 Å². The lowest BCUT2D eigenvalue weighted by atomic mass is 9.98. The molecule has 0 bridgehead atoms. The van der Waals surface area contributed by atoms with Gasteiger partial charge in [-0.1, -0.05) is 13.8 Å². The van der Waals surface area contributed by atoms with Crippen molar-refractivity contribution in [1.82, 2.24) is 25.1 Å². The molecule has 1 aliphatic carbocycles. The maximum absolute atomic E-state index is 13.6. The highest BCUT2D eigenvalue weighted by Gasteiger charge is 2.36. The van der Waals surface area contributed by atoms with Gasteiger partial charge in [0.25, 0.3) is 5.91 Å². The minimum Gasteiger partial charge on any atom is -0.327 e. The van der Waals surface area contributed by atoms with Gasteiger partial charge in [-0.15, -0.1) is 0 Å². The third-order valence-electron chi connectivity index (χ3n) is 6.97. The van der Waals surface area contributed by atoms with E-state index < -0.39 is 0 Å². The molecular formula is C24H32N6O2. The molecule has 2 aromatic heterocycles. The van der Waals surface area contributed by atoms with Gasteiger partial charge in [0.05, 0.1) is 6.04 Å². The number of carbonyl (C=O) groups is 2. The third kappa shape index (κ3) is 3.59. The Morgan fingerprint density at radius 2 is 1.94 bits per heavy atom. The van der Waals surface area contributed by atoms with Crippen LogP contribution in [0, 0.1) is 12.8 Å². The molecule has 2 aromatic rings. The molecule has 8 heteroatoms. The average molecular weight is 437 g/mol. The van der Waals surface area contributed by atoms with Crippen molar-refractivity contribution in [3.63, 3.8) is 0 Å². The van der Waals surface area contributed by atoms with Gasteiger partial charge in [-0.2, -0.15) is 5.10 Å². The summed E-state index contributed by atoms with van der Waals surface area (Å²) in [6, 6.07) is -0.188. The third-order valence-corrected chi connectivity index (χ3v) is 6.97. The number of H-pyrrole nitrogens is 1.